The molecule has 0 radical (unpaired) electrons. The Morgan fingerprint density at radius 2 is 2.00 bits per heavy atom. The summed E-state index contributed by atoms with van der Waals surface area (Å²) in [6.07, 6.45) is 2.74. The molecule has 0 atom stereocenters. The van der Waals surface area contributed by atoms with Gasteiger partial charge in [0.2, 0.25) is 0 Å². The molecule has 1 aromatic rings. The van der Waals surface area contributed by atoms with E-state index in [1.165, 1.54) is 0 Å². The van der Waals surface area contributed by atoms with Crippen LogP contribution in [0, 0.1) is 13.1 Å². The van der Waals surface area contributed by atoms with Gasteiger partial charge in [0.25, 0.3) is 0 Å². The largest absolute Gasteiger partial charge is 0.368 e. The standard InChI is InChI=1S/C7H10N3.W/c1-5(2)7-4-8-10-6(3)9-7;/h5H,1-3H3;/q-1;. The summed E-state index contributed by atoms with van der Waals surface area (Å²) in [7, 11) is 0. The van der Waals surface area contributed by atoms with Crippen molar-refractivity contribution < 1.29 is 21.1 Å². The van der Waals surface area contributed by atoms with Crippen molar-refractivity contribution in [1.29, 1.82) is 0 Å². The van der Waals surface area contributed by atoms with Gasteiger partial charge in [-0.25, -0.2) is 0 Å². The molecule has 1 rings (SSSR count). The van der Waals surface area contributed by atoms with E-state index in [0.29, 0.717) is 11.7 Å². The Bertz CT molecular complexity index is 225. The van der Waals surface area contributed by atoms with Crippen molar-refractivity contribution in [3.05, 3.63) is 17.7 Å². The minimum Gasteiger partial charge on any atom is -0.368 e. The van der Waals surface area contributed by atoms with Crippen molar-refractivity contribution in [3.8, 4) is 0 Å². The fourth-order valence-electron chi connectivity index (χ4n) is 0.628. The van der Waals surface area contributed by atoms with Crippen LogP contribution in [0.2, 0.25) is 0 Å². The first kappa shape index (κ1) is 10.7. The second kappa shape index (κ2) is 4.55. The minimum absolute atomic E-state index is 0. The zero-order chi connectivity index (χ0) is 7.56. The summed E-state index contributed by atoms with van der Waals surface area (Å²) < 4.78 is 0. The van der Waals surface area contributed by atoms with Gasteiger partial charge < -0.3 is 11.3 Å². The Morgan fingerprint density at radius 1 is 1.36 bits per heavy atom. The van der Waals surface area contributed by atoms with E-state index in [9.17, 15) is 0 Å². The molecule has 0 aromatic carbocycles. The maximum Gasteiger partial charge on any atom is 0.141 e. The molecule has 0 bridgehead atoms. The fraction of sp³-hybridized carbons (Fsp3) is 0.571. The van der Waals surface area contributed by atoms with E-state index < -0.39 is 0 Å². The van der Waals surface area contributed by atoms with Crippen molar-refractivity contribution in [3.63, 3.8) is 0 Å². The first-order chi connectivity index (χ1) is 4.70. The maximum atomic E-state index is 4.14. The molecular weight excluding hydrogens is 310 g/mol. The number of rotatable bonds is 1. The van der Waals surface area contributed by atoms with Crippen molar-refractivity contribution in [2.24, 2.45) is 0 Å². The van der Waals surface area contributed by atoms with Crippen LogP contribution in [0.3, 0.4) is 0 Å². The summed E-state index contributed by atoms with van der Waals surface area (Å²) in [4.78, 5) is 4.14. The van der Waals surface area contributed by atoms with E-state index in [-0.39, 0.29) is 21.1 Å². The van der Waals surface area contributed by atoms with Crippen molar-refractivity contribution in [1.82, 2.24) is 15.2 Å². The summed E-state index contributed by atoms with van der Waals surface area (Å²) in [6.45, 7) is 5.94. The maximum absolute atomic E-state index is 4.14. The minimum atomic E-state index is 0. The monoisotopic (exact) mass is 320 g/mol. The second-order valence-corrected chi connectivity index (χ2v) is 2.51. The molecule has 0 N–H and O–H groups in total. The molecule has 1 heterocycles. The zero-order valence-corrected chi connectivity index (χ0v) is 9.76. The average Bonchev–Trinajstić information content (AvgIpc) is 1.88. The van der Waals surface area contributed by atoms with E-state index >= 15 is 0 Å². The zero-order valence-electron chi connectivity index (χ0n) is 6.83. The predicted molar refractivity (Wildman–Crippen MR) is 37.5 cm³/mol. The normalized spacial score (nSPS) is 9.45. The summed E-state index contributed by atoms with van der Waals surface area (Å²) in [5.41, 5.74) is 0.882. The van der Waals surface area contributed by atoms with Crippen LogP contribution in [0.4, 0.5) is 0 Å². The Morgan fingerprint density at radius 3 is 2.36 bits per heavy atom. The number of hydrogen-bond acceptors (Lipinski definition) is 3. The second-order valence-electron chi connectivity index (χ2n) is 2.51. The van der Waals surface area contributed by atoms with E-state index in [1.807, 2.05) is 6.92 Å². The molecule has 0 spiro atoms. The number of aryl methyl sites for hydroxylation is 1. The van der Waals surface area contributed by atoms with Gasteiger partial charge in [0.1, 0.15) is 5.82 Å². The molecule has 0 saturated heterocycles. The quantitative estimate of drug-likeness (QED) is 0.728. The smallest absolute Gasteiger partial charge is 0.141 e. The third-order valence-corrected chi connectivity index (χ3v) is 1.19. The summed E-state index contributed by atoms with van der Waals surface area (Å²) in [5, 5.41) is 7.37. The van der Waals surface area contributed by atoms with Gasteiger partial charge >= 0.3 is 0 Å². The SMILES string of the molecule is Cc1nn[c-]c(C(C)C)n1.[W]. The van der Waals surface area contributed by atoms with Gasteiger partial charge in [0, 0.05) is 21.1 Å². The Kier molecular flexibility index (Phi) is 4.43. The third kappa shape index (κ3) is 3.06. The topological polar surface area (TPSA) is 38.7 Å². The van der Waals surface area contributed by atoms with Gasteiger partial charge in [-0.1, -0.05) is 13.8 Å². The van der Waals surface area contributed by atoms with Gasteiger partial charge in [0.15, 0.2) is 0 Å². The Hall–Kier alpha value is -0.302. The Labute approximate surface area is 80.9 Å². The van der Waals surface area contributed by atoms with Crippen molar-refractivity contribution in [2.75, 3.05) is 0 Å². The molecule has 3 nitrogen and oxygen atoms in total. The average molecular weight is 320 g/mol. The predicted octanol–water partition coefficient (Wildman–Crippen LogP) is 1.10. The molecule has 60 valence electrons. The van der Waals surface area contributed by atoms with Crippen LogP contribution in [0.5, 0.6) is 0 Å². The summed E-state index contributed by atoms with van der Waals surface area (Å²) in [6, 6.07) is 0. The van der Waals surface area contributed by atoms with Crippen molar-refractivity contribution >= 4 is 0 Å². The Balaban J connectivity index is 0.000001000. The van der Waals surface area contributed by atoms with Crippen LogP contribution in [-0.2, 0) is 21.1 Å². The van der Waals surface area contributed by atoms with Crippen LogP contribution in [0.25, 0.3) is 0 Å². The molecule has 0 aliphatic carbocycles. The first-order valence-corrected chi connectivity index (χ1v) is 3.29. The van der Waals surface area contributed by atoms with Crippen LogP contribution in [-0.4, -0.2) is 15.2 Å². The van der Waals surface area contributed by atoms with Gasteiger partial charge in [-0.05, 0) is 12.8 Å². The summed E-state index contributed by atoms with van der Waals surface area (Å²) in [5.74, 6) is 1.09. The molecule has 0 unspecified atom stereocenters. The molecule has 0 saturated carbocycles. The van der Waals surface area contributed by atoms with Crippen LogP contribution >= 0.6 is 0 Å². The molecule has 1 aromatic heterocycles. The number of aromatic nitrogens is 3. The molecule has 0 aliphatic heterocycles. The molecule has 0 amide bonds. The van der Waals surface area contributed by atoms with E-state index in [0.717, 1.165) is 5.69 Å². The van der Waals surface area contributed by atoms with Crippen LogP contribution in [0.1, 0.15) is 31.3 Å². The van der Waals surface area contributed by atoms with Crippen molar-refractivity contribution in [2.45, 2.75) is 26.7 Å². The summed E-state index contributed by atoms with van der Waals surface area (Å²) >= 11 is 0. The third-order valence-electron chi connectivity index (χ3n) is 1.19. The molecular formula is C7H10N3W-. The molecule has 0 fully saturated rings. The number of nitrogens with zero attached hydrogens (tertiary/aromatic N) is 3. The van der Waals surface area contributed by atoms with Gasteiger partial charge in [0.05, 0.1) is 0 Å². The van der Waals surface area contributed by atoms with Gasteiger partial charge in [-0.15, -0.1) is 5.69 Å². The number of hydrogen-bond donors (Lipinski definition) is 0. The van der Waals surface area contributed by atoms with E-state index in [1.54, 1.807) is 0 Å². The van der Waals surface area contributed by atoms with Crippen LogP contribution in [0.15, 0.2) is 0 Å². The van der Waals surface area contributed by atoms with Gasteiger partial charge in [-0.3, -0.25) is 4.98 Å². The van der Waals surface area contributed by atoms with Crippen LogP contribution < -0.4 is 0 Å². The van der Waals surface area contributed by atoms with E-state index in [4.69, 9.17) is 0 Å². The first-order valence-electron chi connectivity index (χ1n) is 3.29. The molecule has 4 heteroatoms. The molecule has 0 aliphatic rings. The van der Waals surface area contributed by atoms with Gasteiger partial charge in [-0.2, -0.15) is 5.10 Å². The van der Waals surface area contributed by atoms with E-state index in [2.05, 4.69) is 35.2 Å². The fourth-order valence-corrected chi connectivity index (χ4v) is 0.628. The molecule has 11 heavy (non-hydrogen) atoms.